The molecule has 0 saturated carbocycles. The summed E-state index contributed by atoms with van der Waals surface area (Å²) in [6.45, 7) is 4.03. The zero-order valence-corrected chi connectivity index (χ0v) is 11.2. The molecule has 2 aromatic heterocycles. The fourth-order valence-corrected chi connectivity index (χ4v) is 2.41. The predicted octanol–water partition coefficient (Wildman–Crippen LogP) is 2.02. The van der Waals surface area contributed by atoms with Gasteiger partial charge in [0.15, 0.2) is 5.65 Å². The largest absolute Gasteiger partial charge is 0.316 e. The second-order valence-corrected chi connectivity index (χ2v) is 6.70. The minimum Gasteiger partial charge on any atom is -0.316 e. The maximum atomic E-state index is 11.2. The smallest absolute Gasteiger partial charge is 0.262 e. The number of nitrogens with zero attached hydrogens (tertiary/aromatic N) is 3. The van der Waals surface area contributed by atoms with Gasteiger partial charge >= 0.3 is 0 Å². The van der Waals surface area contributed by atoms with Crippen LogP contribution in [-0.2, 0) is 16.1 Å². The van der Waals surface area contributed by atoms with Crippen LogP contribution in [0.3, 0.4) is 0 Å². The number of hydrogen-bond acceptors (Lipinski definition) is 4. The summed E-state index contributed by atoms with van der Waals surface area (Å²) >= 11 is 0. The lowest BCUT2D eigenvalue weighted by Crippen LogP contribution is -2.00. The molecule has 0 N–H and O–H groups in total. The summed E-state index contributed by atoms with van der Waals surface area (Å²) in [6.07, 6.45) is 1.25. The summed E-state index contributed by atoms with van der Waals surface area (Å²) in [5, 5.41) is 0. The lowest BCUT2D eigenvalue weighted by atomic mass is 10.2. The maximum absolute atomic E-state index is 11.2. The lowest BCUT2D eigenvalue weighted by molar-refractivity contribution is 0.609. The van der Waals surface area contributed by atoms with E-state index in [4.69, 9.17) is 10.7 Å². The van der Waals surface area contributed by atoms with Gasteiger partial charge in [0.2, 0.25) is 0 Å². The Morgan fingerprint density at radius 3 is 2.59 bits per heavy atom. The number of rotatable bonds is 2. The Labute approximate surface area is 104 Å². The Hall–Kier alpha value is -1.14. The van der Waals surface area contributed by atoms with E-state index in [-0.39, 0.29) is 10.8 Å². The molecule has 0 aliphatic carbocycles. The van der Waals surface area contributed by atoms with Gasteiger partial charge in [0, 0.05) is 29.8 Å². The molecule has 0 aliphatic rings. The molecule has 0 amide bonds. The molecule has 0 aliphatic heterocycles. The molecule has 0 saturated heterocycles. The lowest BCUT2D eigenvalue weighted by Gasteiger charge is -2.03. The number of hydrogen-bond donors (Lipinski definition) is 0. The van der Waals surface area contributed by atoms with Crippen molar-refractivity contribution in [3.63, 3.8) is 0 Å². The van der Waals surface area contributed by atoms with Crippen LogP contribution in [0.4, 0.5) is 0 Å². The Morgan fingerprint density at radius 2 is 2.06 bits per heavy atom. The molecule has 2 aromatic rings. The monoisotopic (exact) mass is 273 g/mol. The van der Waals surface area contributed by atoms with E-state index >= 15 is 0 Å². The van der Waals surface area contributed by atoms with E-state index < -0.39 is 9.05 Å². The van der Waals surface area contributed by atoms with E-state index in [1.54, 1.807) is 0 Å². The minimum absolute atomic E-state index is 0.0277. The van der Waals surface area contributed by atoms with Crippen molar-refractivity contribution < 1.29 is 8.42 Å². The van der Waals surface area contributed by atoms with Gasteiger partial charge in [-0.2, -0.15) is 0 Å². The van der Waals surface area contributed by atoms with Crippen molar-refractivity contribution in [2.75, 3.05) is 0 Å². The van der Waals surface area contributed by atoms with Crippen LogP contribution in [0.15, 0.2) is 17.2 Å². The van der Waals surface area contributed by atoms with E-state index in [0.29, 0.717) is 11.2 Å². The summed E-state index contributed by atoms with van der Waals surface area (Å²) in [5.41, 5.74) is 1.19. The van der Waals surface area contributed by atoms with Crippen LogP contribution in [0.5, 0.6) is 0 Å². The highest BCUT2D eigenvalue weighted by Gasteiger charge is 2.16. The van der Waals surface area contributed by atoms with Gasteiger partial charge in [-0.15, -0.1) is 0 Å². The van der Waals surface area contributed by atoms with E-state index in [9.17, 15) is 8.42 Å². The Bertz CT molecular complexity index is 676. The van der Waals surface area contributed by atoms with Gasteiger partial charge in [0.05, 0.1) is 0 Å². The summed E-state index contributed by atoms with van der Waals surface area (Å²) in [4.78, 5) is 8.42. The molecular formula is C10H12ClN3O2S. The first-order valence-corrected chi connectivity index (χ1v) is 7.38. The standard InChI is InChI=1S/C10H12ClN3O2S/c1-6(2)9-13-8-4-7(17(11,15)16)5-12-10(8)14(9)3/h4-6H,1-3H3. The quantitative estimate of drug-likeness (QED) is 0.785. The molecule has 0 unspecified atom stereocenters. The molecule has 0 aromatic carbocycles. The van der Waals surface area contributed by atoms with Crippen LogP contribution < -0.4 is 0 Å². The summed E-state index contributed by atoms with van der Waals surface area (Å²) < 4.78 is 24.2. The molecule has 5 nitrogen and oxygen atoms in total. The SMILES string of the molecule is CC(C)c1nc2cc(S(=O)(=O)Cl)cnc2n1C. The first-order valence-electron chi connectivity index (χ1n) is 5.07. The van der Waals surface area contributed by atoms with Crippen molar-refractivity contribution in [1.29, 1.82) is 0 Å². The average Bonchev–Trinajstić information content (AvgIpc) is 2.54. The van der Waals surface area contributed by atoms with Gasteiger partial charge in [-0.3, -0.25) is 0 Å². The summed E-state index contributed by atoms with van der Waals surface area (Å²) in [5.74, 6) is 1.10. The average molecular weight is 274 g/mol. The van der Waals surface area contributed by atoms with Crippen molar-refractivity contribution in [3.8, 4) is 0 Å². The Morgan fingerprint density at radius 1 is 1.41 bits per heavy atom. The molecule has 2 rings (SSSR count). The molecule has 0 atom stereocenters. The van der Waals surface area contributed by atoms with Crippen molar-refractivity contribution in [2.45, 2.75) is 24.7 Å². The third-order valence-corrected chi connectivity index (χ3v) is 3.84. The summed E-state index contributed by atoms with van der Waals surface area (Å²) in [6, 6.07) is 1.44. The van der Waals surface area contributed by atoms with Gasteiger partial charge in [0.1, 0.15) is 16.2 Å². The topological polar surface area (TPSA) is 64.8 Å². The highest BCUT2D eigenvalue weighted by molar-refractivity contribution is 8.13. The molecule has 7 heteroatoms. The zero-order valence-electron chi connectivity index (χ0n) is 9.68. The number of halogens is 1. The van der Waals surface area contributed by atoms with E-state index in [1.165, 1.54) is 12.3 Å². The number of pyridine rings is 1. The Kier molecular flexibility index (Phi) is 2.87. The molecular weight excluding hydrogens is 262 g/mol. The third-order valence-electron chi connectivity index (χ3n) is 2.52. The van der Waals surface area contributed by atoms with Crippen molar-refractivity contribution in [3.05, 3.63) is 18.1 Å². The van der Waals surface area contributed by atoms with Crippen molar-refractivity contribution in [1.82, 2.24) is 14.5 Å². The van der Waals surface area contributed by atoms with Crippen molar-refractivity contribution in [2.24, 2.45) is 7.05 Å². The van der Waals surface area contributed by atoms with Crippen LogP contribution in [0, 0.1) is 0 Å². The normalized spacial score (nSPS) is 12.5. The van der Waals surface area contributed by atoms with Crippen molar-refractivity contribution >= 4 is 30.9 Å². The third kappa shape index (κ3) is 2.14. The van der Waals surface area contributed by atoms with Gasteiger partial charge in [0.25, 0.3) is 9.05 Å². The number of fused-ring (bicyclic) bond motifs is 1. The highest BCUT2D eigenvalue weighted by atomic mass is 35.7. The molecule has 0 spiro atoms. The van der Waals surface area contributed by atoms with Crippen LogP contribution in [-0.4, -0.2) is 23.0 Å². The van der Waals surface area contributed by atoms with E-state index in [0.717, 1.165) is 5.82 Å². The van der Waals surface area contributed by atoms with Gasteiger partial charge < -0.3 is 4.57 Å². The number of imidazole rings is 1. The van der Waals surface area contributed by atoms with Crippen LogP contribution >= 0.6 is 10.7 Å². The number of aryl methyl sites for hydroxylation is 1. The molecule has 0 bridgehead atoms. The Balaban J connectivity index is 2.72. The second-order valence-electron chi connectivity index (χ2n) is 4.14. The highest BCUT2D eigenvalue weighted by Crippen LogP contribution is 2.22. The molecule has 0 radical (unpaired) electrons. The zero-order chi connectivity index (χ0) is 12.8. The van der Waals surface area contributed by atoms with Gasteiger partial charge in [-0.1, -0.05) is 13.8 Å². The van der Waals surface area contributed by atoms with Gasteiger partial charge in [-0.25, -0.2) is 18.4 Å². The fourth-order valence-electron chi connectivity index (χ4n) is 1.72. The predicted molar refractivity (Wildman–Crippen MR) is 65.6 cm³/mol. The first kappa shape index (κ1) is 12.3. The summed E-state index contributed by atoms with van der Waals surface area (Å²) in [7, 11) is 3.36. The molecule has 92 valence electrons. The molecule has 17 heavy (non-hydrogen) atoms. The van der Waals surface area contributed by atoms with Crippen LogP contribution in [0.2, 0.25) is 0 Å². The van der Waals surface area contributed by atoms with Crippen LogP contribution in [0.25, 0.3) is 11.2 Å². The first-order chi connectivity index (χ1) is 7.80. The minimum atomic E-state index is -3.76. The van der Waals surface area contributed by atoms with E-state index in [2.05, 4.69) is 9.97 Å². The fraction of sp³-hybridized carbons (Fsp3) is 0.400. The molecule has 0 fully saturated rings. The second kappa shape index (κ2) is 3.96. The van der Waals surface area contributed by atoms with E-state index in [1.807, 2.05) is 25.5 Å². The number of aromatic nitrogens is 3. The van der Waals surface area contributed by atoms with Gasteiger partial charge in [-0.05, 0) is 6.07 Å². The molecule has 2 heterocycles. The van der Waals surface area contributed by atoms with Crippen LogP contribution in [0.1, 0.15) is 25.6 Å². The maximum Gasteiger partial charge on any atom is 0.262 e.